The molecule has 3 rings (SSSR count). The lowest BCUT2D eigenvalue weighted by atomic mass is 9.95. The average molecular weight is 356 g/mol. The van der Waals surface area contributed by atoms with E-state index >= 15 is 0 Å². The molecule has 3 aromatic rings. The molecular formula is C19H17FN2O2S. The largest absolute Gasteiger partial charge is 0.261 e. The highest BCUT2D eigenvalue weighted by atomic mass is 32.2. The van der Waals surface area contributed by atoms with Crippen molar-refractivity contribution < 1.29 is 12.8 Å². The zero-order valence-corrected chi connectivity index (χ0v) is 14.2. The molecule has 6 heteroatoms. The van der Waals surface area contributed by atoms with E-state index in [0.29, 0.717) is 0 Å². The lowest BCUT2D eigenvalue weighted by molar-refractivity contribution is 0.576. The van der Waals surface area contributed by atoms with Gasteiger partial charge in [0.15, 0.2) is 0 Å². The van der Waals surface area contributed by atoms with Gasteiger partial charge in [-0.25, -0.2) is 17.5 Å². The van der Waals surface area contributed by atoms with Crippen LogP contribution in [0, 0.1) is 5.82 Å². The Morgan fingerprint density at radius 3 is 2.24 bits per heavy atom. The summed E-state index contributed by atoms with van der Waals surface area (Å²) in [5.74, 6) is -0.702. The Kier molecular flexibility index (Phi) is 5.21. The minimum absolute atomic E-state index is 0.0294. The second-order valence-electron chi connectivity index (χ2n) is 5.52. The Hall–Kier alpha value is -2.57. The van der Waals surface area contributed by atoms with Gasteiger partial charge in [-0.3, -0.25) is 4.98 Å². The van der Waals surface area contributed by atoms with Crippen molar-refractivity contribution in [3.63, 3.8) is 0 Å². The standard InChI is InChI=1S/C19H17FN2O2S/c20-16-9-11-17(12-10-16)25(23,24)22-14-18(15-6-2-1-3-7-15)19-8-4-5-13-21-19/h1-13,18,22H,14H2. The molecule has 0 spiro atoms. The fraction of sp³-hybridized carbons (Fsp3) is 0.105. The van der Waals surface area contributed by atoms with Gasteiger partial charge in [-0.05, 0) is 42.0 Å². The van der Waals surface area contributed by atoms with Crippen molar-refractivity contribution in [1.29, 1.82) is 0 Å². The Balaban J connectivity index is 1.85. The van der Waals surface area contributed by atoms with Crippen LogP contribution in [0.15, 0.2) is 83.9 Å². The van der Waals surface area contributed by atoms with Crippen LogP contribution >= 0.6 is 0 Å². The monoisotopic (exact) mass is 356 g/mol. The third-order valence-electron chi connectivity index (χ3n) is 3.85. The van der Waals surface area contributed by atoms with Gasteiger partial charge < -0.3 is 0 Å². The second kappa shape index (κ2) is 7.55. The van der Waals surface area contributed by atoms with E-state index in [1.54, 1.807) is 6.20 Å². The highest BCUT2D eigenvalue weighted by Crippen LogP contribution is 2.22. The van der Waals surface area contributed by atoms with Crippen molar-refractivity contribution in [3.05, 3.63) is 96.1 Å². The van der Waals surface area contributed by atoms with Crippen LogP contribution in [-0.4, -0.2) is 19.9 Å². The maximum absolute atomic E-state index is 13.0. The van der Waals surface area contributed by atoms with Gasteiger partial charge in [-0.2, -0.15) is 0 Å². The van der Waals surface area contributed by atoms with Gasteiger partial charge >= 0.3 is 0 Å². The van der Waals surface area contributed by atoms with E-state index in [9.17, 15) is 12.8 Å². The van der Waals surface area contributed by atoms with Crippen molar-refractivity contribution in [2.45, 2.75) is 10.8 Å². The van der Waals surface area contributed by atoms with Crippen LogP contribution in [0.5, 0.6) is 0 Å². The van der Waals surface area contributed by atoms with Crippen molar-refractivity contribution in [3.8, 4) is 0 Å². The number of sulfonamides is 1. The molecule has 0 bridgehead atoms. The zero-order chi connectivity index (χ0) is 17.7. The van der Waals surface area contributed by atoms with Crippen LogP contribution in [0.25, 0.3) is 0 Å². The highest BCUT2D eigenvalue weighted by Gasteiger charge is 2.20. The first-order valence-corrected chi connectivity index (χ1v) is 9.26. The number of aromatic nitrogens is 1. The summed E-state index contributed by atoms with van der Waals surface area (Å²) in [4.78, 5) is 4.39. The molecule has 0 aliphatic carbocycles. The minimum Gasteiger partial charge on any atom is -0.261 e. The van der Waals surface area contributed by atoms with Crippen LogP contribution in [0.3, 0.4) is 0 Å². The number of benzene rings is 2. The maximum atomic E-state index is 13.0. The molecule has 0 aliphatic rings. The molecule has 1 heterocycles. The second-order valence-corrected chi connectivity index (χ2v) is 7.29. The normalized spacial score (nSPS) is 12.7. The first-order valence-electron chi connectivity index (χ1n) is 7.77. The molecule has 1 aromatic heterocycles. The quantitative estimate of drug-likeness (QED) is 0.737. The Morgan fingerprint density at radius 2 is 1.60 bits per heavy atom. The van der Waals surface area contributed by atoms with Crippen molar-refractivity contribution >= 4 is 10.0 Å². The van der Waals surface area contributed by atoms with E-state index in [-0.39, 0.29) is 17.4 Å². The van der Waals surface area contributed by atoms with Crippen molar-refractivity contribution in [2.75, 3.05) is 6.54 Å². The molecule has 4 nitrogen and oxygen atoms in total. The summed E-state index contributed by atoms with van der Waals surface area (Å²) < 4.78 is 40.5. The Labute approximate surface area is 146 Å². The summed E-state index contributed by atoms with van der Waals surface area (Å²) in [7, 11) is -3.73. The van der Waals surface area contributed by atoms with E-state index < -0.39 is 15.8 Å². The van der Waals surface area contributed by atoms with Gasteiger partial charge in [0.05, 0.1) is 4.90 Å². The molecule has 0 saturated heterocycles. The molecule has 128 valence electrons. The van der Waals surface area contributed by atoms with Gasteiger partial charge in [0.1, 0.15) is 5.82 Å². The molecule has 1 unspecified atom stereocenters. The number of nitrogens with zero attached hydrogens (tertiary/aromatic N) is 1. The summed E-state index contributed by atoms with van der Waals surface area (Å²) in [6.45, 7) is 0.154. The SMILES string of the molecule is O=S(=O)(NCC(c1ccccc1)c1ccccn1)c1ccc(F)cc1. The maximum Gasteiger partial charge on any atom is 0.240 e. The predicted octanol–water partition coefficient (Wildman–Crippen LogP) is 3.33. The van der Waals surface area contributed by atoms with Gasteiger partial charge in [-0.1, -0.05) is 36.4 Å². The van der Waals surface area contributed by atoms with Gasteiger partial charge in [-0.15, -0.1) is 0 Å². The molecule has 0 aliphatic heterocycles. The molecular weight excluding hydrogens is 339 g/mol. The van der Waals surface area contributed by atoms with Gasteiger partial charge in [0.25, 0.3) is 0 Å². The predicted molar refractivity (Wildman–Crippen MR) is 94.1 cm³/mol. The van der Waals surface area contributed by atoms with Gasteiger partial charge in [0.2, 0.25) is 10.0 Å². The first kappa shape index (κ1) is 17.3. The number of nitrogens with one attached hydrogen (secondary N) is 1. The van der Waals surface area contributed by atoms with Crippen LogP contribution in [-0.2, 0) is 10.0 Å². The summed E-state index contributed by atoms with van der Waals surface area (Å²) >= 11 is 0. The molecule has 0 amide bonds. The third kappa shape index (κ3) is 4.29. The van der Waals surface area contributed by atoms with Crippen LogP contribution in [0.4, 0.5) is 4.39 Å². The van der Waals surface area contributed by atoms with Gasteiger partial charge in [0, 0.05) is 24.4 Å². The Morgan fingerprint density at radius 1 is 0.920 bits per heavy atom. The number of rotatable bonds is 6. The lowest BCUT2D eigenvalue weighted by Crippen LogP contribution is -2.29. The smallest absolute Gasteiger partial charge is 0.240 e. The van der Waals surface area contributed by atoms with E-state index in [1.165, 1.54) is 12.1 Å². The summed E-state index contributed by atoms with van der Waals surface area (Å²) in [6.07, 6.45) is 1.68. The van der Waals surface area contributed by atoms with Crippen LogP contribution < -0.4 is 4.72 Å². The van der Waals surface area contributed by atoms with E-state index in [1.807, 2.05) is 48.5 Å². The van der Waals surface area contributed by atoms with Crippen LogP contribution in [0.1, 0.15) is 17.2 Å². The summed E-state index contributed by atoms with van der Waals surface area (Å²) in [6, 6.07) is 19.9. The number of hydrogen-bond acceptors (Lipinski definition) is 3. The fourth-order valence-electron chi connectivity index (χ4n) is 2.55. The summed E-state index contributed by atoms with van der Waals surface area (Å²) in [5, 5.41) is 0. The molecule has 1 N–H and O–H groups in total. The van der Waals surface area contributed by atoms with E-state index in [2.05, 4.69) is 9.71 Å². The zero-order valence-electron chi connectivity index (χ0n) is 13.3. The van der Waals surface area contributed by atoms with Crippen molar-refractivity contribution in [2.24, 2.45) is 0 Å². The molecule has 0 radical (unpaired) electrons. The minimum atomic E-state index is -3.73. The molecule has 25 heavy (non-hydrogen) atoms. The van der Waals surface area contributed by atoms with E-state index in [0.717, 1.165) is 23.4 Å². The molecule has 0 fully saturated rings. The fourth-order valence-corrected chi connectivity index (χ4v) is 3.60. The topological polar surface area (TPSA) is 59.1 Å². The molecule has 1 atom stereocenters. The molecule has 2 aromatic carbocycles. The first-order chi connectivity index (χ1) is 12.1. The highest BCUT2D eigenvalue weighted by molar-refractivity contribution is 7.89. The average Bonchev–Trinajstić information content (AvgIpc) is 2.64. The molecule has 0 saturated carbocycles. The third-order valence-corrected chi connectivity index (χ3v) is 5.29. The van der Waals surface area contributed by atoms with Crippen LogP contribution in [0.2, 0.25) is 0 Å². The van der Waals surface area contributed by atoms with E-state index in [4.69, 9.17) is 0 Å². The van der Waals surface area contributed by atoms with Crippen molar-refractivity contribution in [1.82, 2.24) is 9.71 Å². The number of pyridine rings is 1. The lowest BCUT2D eigenvalue weighted by Gasteiger charge is -2.18. The summed E-state index contributed by atoms with van der Waals surface area (Å²) in [5.41, 5.74) is 1.73. The number of halogens is 1. The Bertz CT molecular complexity index is 875. The number of hydrogen-bond donors (Lipinski definition) is 1.